The van der Waals surface area contributed by atoms with Crippen LogP contribution < -0.4 is 14.4 Å². The van der Waals surface area contributed by atoms with Crippen molar-refractivity contribution < 1.29 is 9.47 Å². The Morgan fingerprint density at radius 1 is 0.846 bits per heavy atom. The van der Waals surface area contributed by atoms with Crippen molar-refractivity contribution in [2.45, 2.75) is 20.8 Å². The first-order valence-electron chi connectivity index (χ1n) is 9.57. The summed E-state index contributed by atoms with van der Waals surface area (Å²) in [5, 5.41) is 0. The number of benzene rings is 2. The Bertz CT molecular complexity index is 689. The predicted octanol–water partition coefficient (Wildman–Crippen LogP) is 3.90. The van der Waals surface area contributed by atoms with Crippen LogP contribution in [0.15, 0.2) is 42.5 Å². The zero-order valence-corrected chi connectivity index (χ0v) is 16.2. The van der Waals surface area contributed by atoms with Crippen LogP contribution >= 0.6 is 0 Å². The minimum absolute atomic E-state index is 0.701. The summed E-state index contributed by atoms with van der Waals surface area (Å²) in [6, 6.07) is 14.6. The second kappa shape index (κ2) is 8.95. The van der Waals surface area contributed by atoms with Crippen LogP contribution in [-0.2, 0) is 0 Å². The summed E-state index contributed by atoms with van der Waals surface area (Å²) in [4.78, 5) is 4.90. The molecule has 0 aromatic heterocycles. The molecule has 0 saturated carbocycles. The first-order chi connectivity index (χ1) is 12.7. The molecule has 2 aromatic rings. The smallest absolute Gasteiger partial charge is 0.142 e. The third-order valence-corrected chi connectivity index (χ3v) is 4.94. The molecule has 1 heterocycles. The number of hydrogen-bond donors (Lipinski definition) is 0. The number of hydrogen-bond acceptors (Lipinski definition) is 4. The van der Waals surface area contributed by atoms with Crippen LogP contribution in [0.5, 0.6) is 11.5 Å². The Morgan fingerprint density at radius 2 is 1.54 bits per heavy atom. The normalized spacial score (nSPS) is 15.1. The molecule has 3 rings (SSSR count). The van der Waals surface area contributed by atoms with Gasteiger partial charge in [0.1, 0.15) is 18.1 Å². The van der Waals surface area contributed by atoms with Crippen molar-refractivity contribution >= 4 is 5.69 Å². The highest BCUT2D eigenvalue weighted by molar-refractivity contribution is 5.58. The van der Waals surface area contributed by atoms with Crippen LogP contribution in [0.4, 0.5) is 5.69 Å². The highest BCUT2D eigenvalue weighted by Gasteiger charge is 2.19. The van der Waals surface area contributed by atoms with Gasteiger partial charge in [-0.1, -0.05) is 30.3 Å². The summed E-state index contributed by atoms with van der Waals surface area (Å²) in [6.45, 7) is 12.8. The van der Waals surface area contributed by atoms with E-state index in [-0.39, 0.29) is 0 Å². The van der Waals surface area contributed by atoms with Crippen LogP contribution in [0.1, 0.15) is 18.1 Å². The molecule has 0 bridgehead atoms. The van der Waals surface area contributed by atoms with Crippen molar-refractivity contribution in [2.24, 2.45) is 0 Å². The second-order valence-corrected chi connectivity index (χ2v) is 6.80. The van der Waals surface area contributed by atoms with E-state index in [2.05, 4.69) is 60.0 Å². The minimum atomic E-state index is 0.701. The lowest BCUT2D eigenvalue weighted by Gasteiger charge is -2.36. The first kappa shape index (κ1) is 18.6. The van der Waals surface area contributed by atoms with Gasteiger partial charge < -0.3 is 14.4 Å². The molecular formula is C22H30N2O2. The predicted molar refractivity (Wildman–Crippen MR) is 108 cm³/mol. The third-order valence-electron chi connectivity index (χ3n) is 4.94. The largest absolute Gasteiger partial charge is 0.492 e. The van der Waals surface area contributed by atoms with Crippen molar-refractivity contribution in [3.8, 4) is 11.5 Å². The van der Waals surface area contributed by atoms with E-state index in [1.54, 1.807) is 0 Å². The number of aryl methyl sites for hydroxylation is 2. The number of para-hydroxylation sites is 3. The summed E-state index contributed by atoms with van der Waals surface area (Å²) in [7, 11) is 0. The molecule has 1 aliphatic rings. The van der Waals surface area contributed by atoms with Gasteiger partial charge in [0.05, 0.1) is 12.3 Å². The number of ether oxygens (including phenoxy) is 2. The molecule has 1 fully saturated rings. The Hall–Kier alpha value is -2.20. The maximum absolute atomic E-state index is 6.06. The van der Waals surface area contributed by atoms with Crippen LogP contribution in [-0.4, -0.2) is 50.8 Å². The fourth-order valence-corrected chi connectivity index (χ4v) is 3.51. The Kier molecular flexibility index (Phi) is 6.40. The Balaban J connectivity index is 1.49. The van der Waals surface area contributed by atoms with Crippen LogP contribution in [0, 0.1) is 13.8 Å². The van der Waals surface area contributed by atoms with Gasteiger partial charge in [0.2, 0.25) is 0 Å². The first-order valence-corrected chi connectivity index (χ1v) is 9.57. The van der Waals surface area contributed by atoms with E-state index in [1.165, 1.54) is 16.8 Å². The fourth-order valence-electron chi connectivity index (χ4n) is 3.51. The van der Waals surface area contributed by atoms with E-state index in [1.807, 2.05) is 13.0 Å². The van der Waals surface area contributed by atoms with Crippen molar-refractivity contribution in [3.63, 3.8) is 0 Å². The molecular weight excluding hydrogens is 324 g/mol. The molecule has 1 aliphatic heterocycles. The lowest BCUT2D eigenvalue weighted by atomic mass is 10.1. The molecule has 140 valence electrons. The molecule has 0 atom stereocenters. The molecule has 4 nitrogen and oxygen atoms in total. The highest BCUT2D eigenvalue weighted by atomic mass is 16.5. The number of nitrogens with zero attached hydrogens (tertiary/aromatic N) is 2. The summed E-state index contributed by atoms with van der Waals surface area (Å²) in [5.74, 6) is 2.03. The highest BCUT2D eigenvalue weighted by Crippen LogP contribution is 2.28. The summed E-state index contributed by atoms with van der Waals surface area (Å²) in [5.41, 5.74) is 3.63. The third kappa shape index (κ3) is 4.50. The minimum Gasteiger partial charge on any atom is -0.492 e. The van der Waals surface area contributed by atoms with Crippen LogP contribution in [0.25, 0.3) is 0 Å². The van der Waals surface area contributed by atoms with E-state index in [4.69, 9.17) is 9.47 Å². The van der Waals surface area contributed by atoms with Gasteiger partial charge in [-0.15, -0.1) is 0 Å². The maximum Gasteiger partial charge on any atom is 0.142 e. The van der Waals surface area contributed by atoms with Crippen molar-refractivity contribution in [2.75, 3.05) is 50.8 Å². The second-order valence-electron chi connectivity index (χ2n) is 6.80. The quantitative estimate of drug-likeness (QED) is 0.753. The molecule has 0 radical (unpaired) electrons. The van der Waals surface area contributed by atoms with Gasteiger partial charge in [0.25, 0.3) is 0 Å². The van der Waals surface area contributed by atoms with Crippen molar-refractivity contribution in [3.05, 3.63) is 53.6 Å². The van der Waals surface area contributed by atoms with Gasteiger partial charge in [0, 0.05) is 32.7 Å². The summed E-state index contributed by atoms with van der Waals surface area (Å²) in [6.07, 6.45) is 0. The van der Waals surface area contributed by atoms with E-state index < -0.39 is 0 Å². The van der Waals surface area contributed by atoms with Crippen LogP contribution in [0.3, 0.4) is 0 Å². The summed E-state index contributed by atoms with van der Waals surface area (Å²) < 4.78 is 11.8. The van der Waals surface area contributed by atoms with E-state index in [0.29, 0.717) is 6.61 Å². The van der Waals surface area contributed by atoms with E-state index >= 15 is 0 Å². The van der Waals surface area contributed by atoms with E-state index in [0.717, 1.165) is 50.8 Å². The molecule has 1 saturated heterocycles. The molecule has 0 N–H and O–H groups in total. The van der Waals surface area contributed by atoms with Crippen LogP contribution in [0.2, 0.25) is 0 Å². The molecule has 0 spiro atoms. The maximum atomic E-state index is 6.06. The number of piperazine rings is 1. The standard InChI is InChI=1S/C22H30N2O2/c1-4-25-21-11-6-5-10-20(21)24-14-12-23(13-15-24)16-17-26-22-18(2)8-7-9-19(22)3/h5-11H,4,12-17H2,1-3H3. The van der Waals surface area contributed by atoms with Gasteiger partial charge in [-0.25, -0.2) is 0 Å². The van der Waals surface area contributed by atoms with Crippen molar-refractivity contribution in [1.82, 2.24) is 4.90 Å². The zero-order chi connectivity index (χ0) is 18.4. The lowest BCUT2D eigenvalue weighted by molar-refractivity contribution is 0.199. The van der Waals surface area contributed by atoms with Gasteiger partial charge in [-0.05, 0) is 44.0 Å². The number of rotatable bonds is 7. The van der Waals surface area contributed by atoms with E-state index in [9.17, 15) is 0 Å². The Labute approximate surface area is 157 Å². The zero-order valence-electron chi connectivity index (χ0n) is 16.2. The summed E-state index contributed by atoms with van der Waals surface area (Å²) >= 11 is 0. The van der Waals surface area contributed by atoms with Gasteiger partial charge in [0.15, 0.2) is 0 Å². The average molecular weight is 354 g/mol. The van der Waals surface area contributed by atoms with Gasteiger partial charge in [-0.3, -0.25) is 4.90 Å². The topological polar surface area (TPSA) is 24.9 Å². The number of anilines is 1. The van der Waals surface area contributed by atoms with Crippen molar-refractivity contribution in [1.29, 1.82) is 0 Å². The average Bonchev–Trinajstić information content (AvgIpc) is 2.65. The monoisotopic (exact) mass is 354 g/mol. The molecule has 2 aromatic carbocycles. The fraction of sp³-hybridized carbons (Fsp3) is 0.455. The molecule has 0 amide bonds. The molecule has 0 unspecified atom stereocenters. The molecule has 0 aliphatic carbocycles. The molecule has 4 heteroatoms. The van der Waals surface area contributed by atoms with Gasteiger partial charge >= 0.3 is 0 Å². The molecule has 26 heavy (non-hydrogen) atoms. The van der Waals surface area contributed by atoms with Gasteiger partial charge in [-0.2, -0.15) is 0 Å². The SMILES string of the molecule is CCOc1ccccc1N1CCN(CCOc2c(C)cccc2C)CC1. The lowest BCUT2D eigenvalue weighted by Crippen LogP contribution is -2.47. The Morgan fingerprint density at radius 3 is 2.23 bits per heavy atom.